The Bertz CT molecular complexity index is 372. The van der Waals surface area contributed by atoms with E-state index in [-0.39, 0.29) is 5.54 Å². The molecular formula is C15H27N3OS. The van der Waals surface area contributed by atoms with Crippen molar-refractivity contribution in [3.8, 4) is 6.07 Å². The summed E-state index contributed by atoms with van der Waals surface area (Å²) in [6.45, 7) is 6.06. The first kappa shape index (κ1) is 15.9. The summed E-state index contributed by atoms with van der Waals surface area (Å²) in [6.07, 6.45) is 5.51. The molecule has 0 aromatic heterocycles. The predicted molar refractivity (Wildman–Crippen MR) is 82.9 cm³/mol. The first-order valence-corrected chi connectivity index (χ1v) is 9.42. The van der Waals surface area contributed by atoms with Gasteiger partial charge in [0, 0.05) is 35.4 Å². The summed E-state index contributed by atoms with van der Waals surface area (Å²) < 4.78 is 11.4. The molecule has 0 radical (unpaired) electrons. The van der Waals surface area contributed by atoms with E-state index >= 15 is 0 Å². The van der Waals surface area contributed by atoms with E-state index in [4.69, 9.17) is 0 Å². The minimum Gasteiger partial charge on any atom is -0.301 e. The summed E-state index contributed by atoms with van der Waals surface area (Å²) in [5.74, 6) is 2.12. The fraction of sp³-hybridized carbons (Fsp3) is 0.933. The van der Waals surface area contributed by atoms with Crippen LogP contribution in [0, 0.1) is 17.2 Å². The van der Waals surface area contributed by atoms with Crippen LogP contribution in [0.5, 0.6) is 0 Å². The van der Waals surface area contributed by atoms with Crippen LogP contribution in [-0.2, 0) is 10.8 Å². The van der Waals surface area contributed by atoms with Gasteiger partial charge in [-0.05, 0) is 44.7 Å². The second-order valence-electron chi connectivity index (χ2n) is 6.08. The van der Waals surface area contributed by atoms with Gasteiger partial charge in [0.15, 0.2) is 0 Å². The fourth-order valence-corrected chi connectivity index (χ4v) is 4.60. The third kappa shape index (κ3) is 3.81. The summed E-state index contributed by atoms with van der Waals surface area (Å²) in [5, 5.41) is 13.1. The van der Waals surface area contributed by atoms with Gasteiger partial charge >= 0.3 is 0 Å². The Hall–Kier alpha value is -0.440. The largest absolute Gasteiger partial charge is 0.301 e. The maximum Gasteiger partial charge on any atom is 0.109 e. The third-order valence-corrected chi connectivity index (χ3v) is 6.05. The van der Waals surface area contributed by atoms with Gasteiger partial charge < -0.3 is 4.90 Å². The Morgan fingerprint density at radius 2 is 2.20 bits per heavy atom. The van der Waals surface area contributed by atoms with E-state index in [1.54, 1.807) is 0 Å². The van der Waals surface area contributed by atoms with Crippen molar-refractivity contribution in [1.29, 1.82) is 5.26 Å². The molecule has 0 aromatic carbocycles. The van der Waals surface area contributed by atoms with Gasteiger partial charge in [-0.15, -0.1) is 0 Å². The third-order valence-electron chi connectivity index (χ3n) is 4.77. The highest BCUT2D eigenvalue weighted by Crippen LogP contribution is 2.37. The van der Waals surface area contributed by atoms with Gasteiger partial charge in [0.2, 0.25) is 0 Å². The van der Waals surface area contributed by atoms with Crippen LogP contribution in [0.15, 0.2) is 0 Å². The molecule has 1 saturated heterocycles. The minimum atomic E-state index is -0.594. The van der Waals surface area contributed by atoms with Gasteiger partial charge in [-0.3, -0.25) is 9.53 Å². The molecule has 2 atom stereocenters. The first-order chi connectivity index (χ1) is 9.70. The summed E-state index contributed by atoms with van der Waals surface area (Å²) in [6, 6.07) is 2.58. The fourth-order valence-electron chi connectivity index (χ4n) is 3.47. The van der Waals surface area contributed by atoms with Crippen LogP contribution < -0.4 is 5.32 Å². The van der Waals surface area contributed by atoms with E-state index in [1.807, 2.05) is 0 Å². The summed E-state index contributed by atoms with van der Waals surface area (Å²) in [4.78, 5) is 2.42. The molecule has 114 valence electrons. The lowest BCUT2D eigenvalue weighted by Crippen LogP contribution is -2.48. The average Bonchev–Trinajstić information content (AvgIpc) is 2.88. The van der Waals surface area contributed by atoms with E-state index in [2.05, 4.69) is 23.2 Å². The van der Waals surface area contributed by atoms with Crippen molar-refractivity contribution in [3.05, 3.63) is 0 Å². The molecule has 20 heavy (non-hydrogen) atoms. The van der Waals surface area contributed by atoms with Crippen LogP contribution in [-0.4, -0.2) is 52.3 Å². The topological polar surface area (TPSA) is 56.1 Å². The Morgan fingerprint density at radius 3 is 2.85 bits per heavy atom. The van der Waals surface area contributed by atoms with E-state index in [9.17, 15) is 9.47 Å². The van der Waals surface area contributed by atoms with Crippen LogP contribution >= 0.6 is 0 Å². The Balaban J connectivity index is 1.84. The maximum atomic E-state index is 11.4. The monoisotopic (exact) mass is 297 g/mol. The van der Waals surface area contributed by atoms with E-state index in [0.29, 0.717) is 5.92 Å². The van der Waals surface area contributed by atoms with E-state index < -0.39 is 10.8 Å². The lowest BCUT2D eigenvalue weighted by Gasteiger charge is -2.33. The molecule has 0 aromatic rings. The molecule has 0 spiro atoms. The number of nitriles is 1. The molecule has 1 aliphatic heterocycles. The summed E-state index contributed by atoms with van der Waals surface area (Å²) in [7, 11) is -0.594. The molecule has 2 fully saturated rings. The van der Waals surface area contributed by atoms with Gasteiger partial charge in [-0.25, -0.2) is 0 Å². The number of rotatable bonds is 6. The van der Waals surface area contributed by atoms with Gasteiger partial charge in [0.05, 0.1) is 6.07 Å². The molecule has 1 N–H and O–H groups in total. The van der Waals surface area contributed by atoms with Crippen molar-refractivity contribution < 1.29 is 4.21 Å². The second kappa shape index (κ2) is 7.53. The van der Waals surface area contributed by atoms with Crippen LogP contribution in [0.25, 0.3) is 0 Å². The molecule has 1 aliphatic carbocycles. The maximum absolute atomic E-state index is 11.4. The highest BCUT2D eigenvalue weighted by molar-refractivity contribution is 7.85. The van der Waals surface area contributed by atoms with Crippen LogP contribution in [0.3, 0.4) is 0 Å². The van der Waals surface area contributed by atoms with Crippen molar-refractivity contribution in [2.24, 2.45) is 5.92 Å². The molecule has 2 rings (SSSR count). The molecule has 2 unspecified atom stereocenters. The SMILES string of the molecule is CCCNC1(C#N)CCCC1CCN1CCS(=O)CC1. The zero-order valence-electron chi connectivity index (χ0n) is 12.6. The van der Waals surface area contributed by atoms with Gasteiger partial charge in [0.25, 0.3) is 0 Å². The van der Waals surface area contributed by atoms with Gasteiger partial charge in [-0.2, -0.15) is 5.26 Å². The van der Waals surface area contributed by atoms with Gasteiger partial charge in [0.1, 0.15) is 5.54 Å². The predicted octanol–water partition coefficient (Wildman–Crippen LogP) is 1.50. The zero-order valence-corrected chi connectivity index (χ0v) is 13.4. The Morgan fingerprint density at radius 1 is 1.45 bits per heavy atom. The van der Waals surface area contributed by atoms with Crippen molar-refractivity contribution in [2.45, 2.75) is 44.6 Å². The molecular weight excluding hydrogens is 270 g/mol. The van der Waals surface area contributed by atoms with Crippen molar-refractivity contribution in [2.75, 3.05) is 37.7 Å². The smallest absolute Gasteiger partial charge is 0.109 e. The number of nitrogens with zero attached hydrogens (tertiary/aromatic N) is 2. The van der Waals surface area contributed by atoms with Crippen molar-refractivity contribution in [3.63, 3.8) is 0 Å². The van der Waals surface area contributed by atoms with Crippen molar-refractivity contribution >= 4 is 10.8 Å². The minimum absolute atomic E-state index is 0.283. The van der Waals surface area contributed by atoms with Crippen LogP contribution in [0.4, 0.5) is 0 Å². The van der Waals surface area contributed by atoms with Crippen molar-refractivity contribution in [1.82, 2.24) is 10.2 Å². The summed E-state index contributed by atoms with van der Waals surface area (Å²) >= 11 is 0. The summed E-state index contributed by atoms with van der Waals surface area (Å²) in [5.41, 5.74) is -0.283. The van der Waals surface area contributed by atoms with E-state index in [1.165, 1.54) is 12.8 Å². The molecule has 5 heteroatoms. The second-order valence-corrected chi connectivity index (χ2v) is 7.77. The number of hydrogen-bond donors (Lipinski definition) is 1. The molecule has 0 bridgehead atoms. The van der Waals surface area contributed by atoms with E-state index in [0.717, 1.165) is 56.9 Å². The lowest BCUT2D eigenvalue weighted by atomic mass is 9.85. The normalized spacial score (nSPS) is 32.3. The highest BCUT2D eigenvalue weighted by atomic mass is 32.2. The number of hydrogen-bond acceptors (Lipinski definition) is 4. The Kier molecular flexibility index (Phi) is 6.01. The first-order valence-electron chi connectivity index (χ1n) is 7.94. The van der Waals surface area contributed by atoms with Gasteiger partial charge in [-0.1, -0.05) is 13.3 Å². The quantitative estimate of drug-likeness (QED) is 0.807. The van der Waals surface area contributed by atoms with Crippen LogP contribution in [0.1, 0.15) is 39.0 Å². The number of nitrogens with one attached hydrogen (secondary N) is 1. The molecule has 2 aliphatic rings. The molecule has 0 amide bonds. The molecule has 1 saturated carbocycles. The van der Waals surface area contributed by atoms with Crippen LogP contribution in [0.2, 0.25) is 0 Å². The Labute approximate surface area is 125 Å². The molecule has 1 heterocycles. The highest BCUT2D eigenvalue weighted by Gasteiger charge is 2.42. The zero-order chi connectivity index (χ0) is 14.4. The lowest BCUT2D eigenvalue weighted by molar-refractivity contribution is 0.235. The molecule has 4 nitrogen and oxygen atoms in total. The standard InChI is InChI=1S/C15H27N3OS/c1-2-7-17-15(13-16)6-3-4-14(15)5-8-18-9-11-20(19)12-10-18/h14,17H,2-12H2,1H3. The average molecular weight is 297 g/mol.